The first-order chi connectivity index (χ1) is 7.57. The van der Waals surface area contributed by atoms with Crippen LogP contribution in [0.25, 0.3) is 0 Å². The fourth-order valence-corrected chi connectivity index (χ4v) is 1.32. The van der Waals surface area contributed by atoms with Crippen LogP contribution in [0.5, 0.6) is 0 Å². The lowest BCUT2D eigenvalue weighted by Crippen LogP contribution is -2.41. The summed E-state index contributed by atoms with van der Waals surface area (Å²) >= 11 is 0. The second-order valence-electron chi connectivity index (χ2n) is 3.60. The van der Waals surface area contributed by atoms with E-state index < -0.39 is 31.1 Å². The molecule has 0 radical (unpaired) electrons. The van der Waals surface area contributed by atoms with E-state index in [-0.39, 0.29) is 12.2 Å². The SMILES string of the molecule is NC(=O)C(=CCCCO)C(CO)(CO)CO. The minimum Gasteiger partial charge on any atom is -0.396 e. The van der Waals surface area contributed by atoms with E-state index in [4.69, 9.17) is 26.2 Å². The number of hydrogen-bond donors (Lipinski definition) is 5. The predicted octanol–water partition coefficient (Wildman–Crippen LogP) is -1.87. The summed E-state index contributed by atoms with van der Waals surface area (Å²) in [4.78, 5) is 11.2. The van der Waals surface area contributed by atoms with Gasteiger partial charge in [0.05, 0.1) is 25.2 Å². The van der Waals surface area contributed by atoms with Crippen LogP contribution in [0.4, 0.5) is 0 Å². The third kappa shape index (κ3) is 3.57. The lowest BCUT2D eigenvalue weighted by Gasteiger charge is -2.28. The average Bonchev–Trinajstić information content (AvgIpc) is 2.29. The van der Waals surface area contributed by atoms with Crippen molar-refractivity contribution < 1.29 is 25.2 Å². The van der Waals surface area contributed by atoms with Crippen molar-refractivity contribution in [2.24, 2.45) is 11.1 Å². The average molecular weight is 233 g/mol. The lowest BCUT2D eigenvalue weighted by molar-refractivity contribution is -0.117. The maximum absolute atomic E-state index is 11.2. The Labute approximate surface area is 94.0 Å². The molecule has 6 N–H and O–H groups in total. The molecule has 0 aromatic rings. The van der Waals surface area contributed by atoms with Crippen LogP contribution in [-0.2, 0) is 4.79 Å². The minimum atomic E-state index is -1.42. The van der Waals surface area contributed by atoms with E-state index in [0.717, 1.165) is 0 Å². The van der Waals surface area contributed by atoms with Crippen molar-refractivity contribution in [1.29, 1.82) is 0 Å². The van der Waals surface area contributed by atoms with Crippen molar-refractivity contribution in [3.63, 3.8) is 0 Å². The van der Waals surface area contributed by atoms with E-state index in [1.165, 1.54) is 6.08 Å². The van der Waals surface area contributed by atoms with Crippen molar-refractivity contribution in [2.45, 2.75) is 12.8 Å². The Balaban J connectivity index is 4.99. The Bertz CT molecular complexity index is 239. The van der Waals surface area contributed by atoms with Crippen LogP contribution in [-0.4, -0.2) is 52.8 Å². The molecule has 0 aliphatic rings. The van der Waals surface area contributed by atoms with E-state index >= 15 is 0 Å². The normalized spacial score (nSPS) is 12.9. The summed E-state index contributed by atoms with van der Waals surface area (Å²) in [5.74, 6) is -0.796. The second-order valence-corrected chi connectivity index (χ2v) is 3.60. The first-order valence-electron chi connectivity index (χ1n) is 5.02. The molecule has 0 aliphatic carbocycles. The molecule has 0 fully saturated rings. The molecule has 0 spiro atoms. The van der Waals surface area contributed by atoms with Gasteiger partial charge in [-0.1, -0.05) is 6.08 Å². The molecule has 0 aromatic heterocycles. The number of primary amides is 1. The molecule has 6 nitrogen and oxygen atoms in total. The van der Waals surface area contributed by atoms with Gasteiger partial charge in [-0.3, -0.25) is 4.79 Å². The lowest BCUT2D eigenvalue weighted by atomic mass is 9.81. The van der Waals surface area contributed by atoms with Crippen LogP contribution in [0.15, 0.2) is 11.6 Å². The van der Waals surface area contributed by atoms with E-state index in [1.807, 2.05) is 0 Å². The first kappa shape index (κ1) is 15.0. The number of rotatable bonds is 8. The molecule has 0 rings (SSSR count). The van der Waals surface area contributed by atoms with Gasteiger partial charge >= 0.3 is 0 Å². The van der Waals surface area contributed by atoms with Crippen molar-refractivity contribution in [3.05, 3.63) is 11.6 Å². The van der Waals surface area contributed by atoms with Gasteiger partial charge in [-0.05, 0) is 12.8 Å². The van der Waals surface area contributed by atoms with Gasteiger partial charge in [-0.15, -0.1) is 0 Å². The Morgan fingerprint density at radius 2 is 1.62 bits per heavy atom. The molecule has 16 heavy (non-hydrogen) atoms. The highest BCUT2D eigenvalue weighted by Gasteiger charge is 2.35. The maximum Gasteiger partial charge on any atom is 0.245 e. The van der Waals surface area contributed by atoms with Crippen molar-refractivity contribution in [1.82, 2.24) is 0 Å². The fraction of sp³-hybridized carbons (Fsp3) is 0.700. The van der Waals surface area contributed by atoms with Crippen LogP contribution in [0.2, 0.25) is 0 Å². The molecule has 0 saturated carbocycles. The standard InChI is InChI=1S/C10H19NO5/c11-9(16)8(3-1-2-4-12)10(5-13,6-14)7-15/h3,12-15H,1-2,4-7H2,(H2,11,16). The maximum atomic E-state index is 11.2. The molecule has 0 unspecified atom stereocenters. The number of carbonyl (C=O) groups excluding carboxylic acids is 1. The van der Waals surface area contributed by atoms with E-state index in [0.29, 0.717) is 12.8 Å². The molecule has 0 atom stereocenters. The summed E-state index contributed by atoms with van der Waals surface area (Å²) in [5, 5.41) is 36.0. The third-order valence-electron chi connectivity index (χ3n) is 2.46. The number of allylic oxidation sites excluding steroid dienone is 1. The summed E-state index contributed by atoms with van der Waals surface area (Å²) < 4.78 is 0. The summed E-state index contributed by atoms with van der Waals surface area (Å²) in [6, 6.07) is 0. The van der Waals surface area contributed by atoms with E-state index in [2.05, 4.69) is 0 Å². The van der Waals surface area contributed by atoms with Crippen LogP contribution in [0, 0.1) is 5.41 Å². The Hall–Kier alpha value is -0.950. The molecule has 0 heterocycles. The zero-order valence-electron chi connectivity index (χ0n) is 9.09. The van der Waals surface area contributed by atoms with Crippen molar-refractivity contribution in [2.75, 3.05) is 26.4 Å². The zero-order valence-corrected chi connectivity index (χ0v) is 9.09. The van der Waals surface area contributed by atoms with Gasteiger partial charge in [-0.2, -0.15) is 0 Å². The van der Waals surface area contributed by atoms with Gasteiger partial charge < -0.3 is 26.2 Å². The molecule has 6 heteroatoms. The van der Waals surface area contributed by atoms with Crippen LogP contribution in [0.1, 0.15) is 12.8 Å². The summed E-state index contributed by atoms with van der Waals surface area (Å²) in [5.41, 5.74) is 3.71. The highest BCUT2D eigenvalue weighted by atomic mass is 16.3. The Morgan fingerprint density at radius 1 is 1.12 bits per heavy atom. The van der Waals surface area contributed by atoms with Crippen LogP contribution in [0.3, 0.4) is 0 Å². The highest BCUT2D eigenvalue weighted by molar-refractivity contribution is 5.93. The van der Waals surface area contributed by atoms with Gasteiger partial charge in [-0.25, -0.2) is 0 Å². The number of amides is 1. The molecule has 0 bridgehead atoms. The van der Waals surface area contributed by atoms with Crippen molar-refractivity contribution >= 4 is 5.91 Å². The molecule has 0 saturated heterocycles. The molecular weight excluding hydrogens is 214 g/mol. The van der Waals surface area contributed by atoms with Gasteiger partial charge in [0, 0.05) is 12.2 Å². The number of aliphatic hydroxyl groups excluding tert-OH is 4. The number of aliphatic hydroxyl groups is 4. The fourth-order valence-electron chi connectivity index (χ4n) is 1.32. The number of nitrogens with two attached hydrogens (primary N) is 1. The van der Waals surface area contributed by atoms with E-state index in [1.54, 1.807) is 0 Å². The Morgan fingerprint density at radius 3 is 1.94 bits per heavy atom. The predicted molar refractivity (Wildman–Crippen MR) is 57.3 cm³/mol. The van der Waals surface area contributed by atoms with Gasteiger partial charge in [0.15, 0.2) is 0 Å². The molecule has 94 valence electrons. The smallest absolute Gasteiger partial charge is 0.245 e. The quantitative estimate of drug-likeness (QED) is 0.248. The number of carbonyl (C=O) groups is 1. The molecule has 0 aliphatic heterocycles. The summed E-state index contributed by atoms with van der Waals surface area (Å²) in [6.07, 6.45) is 2.26. The first-order valence-corrected chi connectivity index (χ1v) is 5.02. The number of unbranched alkanes of at least 4 members (excludes halogenated alkanes) is 1. The largest absolute Gasteiger partial charge is 0.396 e. The molecule has 1 amide bonds. The van der Waals surface area contributed by atoms with Gasteiger partial charge in [0.25, 0.3) is 0 Å². The zero-order chi connectivity index (χ0) is 12.6. The summed E-state index contributed by atoms with van der Waals surface area (Å²) in [6.45, 7) is -1.76. The third-order valence-corrected chi connectivity index (χ3v) is 2.46. The van der Waals surface area contributed by atoms with Crippen LogP contribution >= 0.6 is 0 Å². The van der Waals surface area contributed by atoms with Gasteiger partial charge in [0.2, 0.25) is 5.91 Å². The Kier molecular flexibility index (Phi) is 6.91. The highest BCUT2D eigenvalue weighted by Crippen LogP contribution is 2.26. The van der Waals surface area contributed by atoms with Crippen LogP contribution < -0.4 is 5.73 Å². The number of hydrogen-bond acceptors (Lipinski definition) is 5. The topological polar surface area (TPSA) is 124 Å². The minimum absolute atomic E-state index is 0.00606. The van der Waals surface area contributed by atoms with E-state index in [9.17, 15) is 4.79 Å². The van der Waals surface area contributed by atoms with Crippen molar-refractivity contribution in [3.8, 4) is 0 Å². The monoisotopic (exact) mass is 233 g/mol. The van der Waals surface area contributed by atoms with Gasteiger partial charge in [0.1, 0.15) is 0 Å². The molecule has 0 aromatic carbocycles. The molecular formula is C10H19NO5. The second kappa shape index (κ2) is 7.34. The summed E-state index contributed by atoms with van der Waals surface area (Å²) in [7, 11) is 0.